The molecule has 1 aliphatic carbocycles. The molecule has 0 heterocycles. The third kappa shape index (κ3) is 8.21. The van der Waals surface area contributed by atoms with Gasteiger partial charge in [-0.05, 0) is 80.8 Å². The number of hydrogen-bond acceptors (Lipinski definition) is 6. The van der Waals surface area contributed by atoms with Crippen molar-refractivity contribution in [1.29, 1.82) is 0 Å². The summed E-state index contributed by atoms with van der Waals surface area (Å²) in [5, 5.41) is 0. The first-order chi connectivity index (χ1) is 17.4. The molecule has 12 heteroatoms. The molecule has 0 unspecified atom stereocenters. The van der Waals surface area contributed by atoms with Gasteiger partial charge in [0.2, 0.25) is 0 Å². The van der Waals surface area contributed by atoms with E-state index in [1.807, 2.05) is 48.6 Å². The van der Waals surface area contributed by atoms with Gasteiger partial charge in [-0.2, -0.15) is 16.8 Å². The number of allylic oxidation sites excluding steroid dienone is 5. The summed E-state index contributed by atoms with van der Waals surface area (Å²) < 4.78 is 69.9. The van der Waals surface area contributed by atoms with Crippen molar-refractivity contribution in [3.63, 3.8) is 0 Å². The average molecular weight is 587 g/mol. The molecular weight excluding hydrogens is 551 g/mol. The second-order valence-electron chi connectivity index (χ2n) is 8.42. The second-order valence-corrected chi connectivity index (χ2v) is 11.2. The van der Waals surface area contributed by atoms with Gasteiger partial charge in [0.05, 0.1) is 4.90 Å². The Morgan fingerprint density at radius 2 is 1.36 bits per heavy atom. The number of benzene rings is 2. The molecule has 0 aliphatic heterocycles. The van der Waals surface area contributed by atoms with E-state index in [-0.39, 0.29) is 42.0 Å². The molecule has 1 aliphatic rings. The summed E-state index contributed by atoms with van der Waals surface area (Å²) in [7, 11) is -9.54. The topological polar surface area (TPSA) is 145 Å². The molecule has 0 aromatic heterocycles. The maximum absolute atomic E-state index is 12.4. The molecule has 3 N–H and O–H groups in total. The average Bonchev–Trinajstić information content (AvgIpc) is 2.86. The molecule has 0 amide bonds. The Labute approximate surface area is 254 Å². The predicted molar refractivity (Wildman–Crippen MR) is 150 cm³/mol. The number of nitrogens with zero attached hydrogens (tertiary/aromatic N) is 2. The molecule has 2 aromatic rings. The van der Waals surface area contributed by atoms with E-state index in [1.54, 1.807) is 0 Å². The van der Waals surface area contributed by atoms with Crippen molar-refractivity contribution in [1.82, 2.24) is 0 Å². The number of rotatable bonds is 9. The van der Waals surface area contributed by atoms with E-state index in [4.69, 9.17) is 0 Å². The van der Waals surface area contributed by atoms with Gasteiger partial charge in [-0.25, -0.2) is 4.58 Å². The SMILES string of the molecule is CCN(CC)c1ccc(C(=C2C=CC(=[N+](CC)CC)C=C2)c2ccc(S(=O)(=O)O)cc2S(=O)(=O)O)cc1.[H-].[Na+].[OH-]. The van der Waals surface area contributed by atoms with E-state index in [2.05, 4.69) is 37.2 Å². The second kappa shape index (κ2) is 14.5. The van der Waals surface area contributed by atoms with Crippen LogP contribution < -0.4 is 34.5 Å². The molecule has 0 spiro atoms. The van der Waals surface area contributed by atoms with Gasteiger partial charge in [-0.1, -0.05) is 18.2 Å². The Kier molecular flexibility index (Phi) is 13.0. The molecule has 3 rings (SSSR count). The first kappa shape index (κ1) is 34.9. The molecule has 9 nitrogen and oxygen atoms in total. The van der Waals surface area contributed by atoms with Gasteiger partial charge in [-0.3, -0.25) is 9.11 Å². The minimum atomic E-state index is -4.85. The maximum Gasteiger partial charge on any atom is 1.00 e. The minimum Gasteiger partial charge on any atom is -1.00 e. The molecule has 2 aromatic carbocycles. The van der Waals surface area contributed by atoms with Crippen LogP contribution in [0.25, 0.3) is 5.57 Å². The van der Waals surface area contributed by atoms with Gasteiger partial charge < -0.3 is 11.8 Å². The van der Waals surface area contributed by atoms with Crippen LogP contribution in [0.3, 0.4) is 0 Å². The molecule has 0 radical (unpaired) electrons. The van der Waals surface area contributed by atoms with Crippen LogP contribution in [0.5, 0.6) is 0 Å². The zero-order chi connectivity index (χ0) is 27.4. The Bertz CT molecular complexity index is 1490. The van der Waals surface area contributed by atoms with Crippen LogP contribution in [0, 0.1) is 0 Å². The molecule has 0 fully saturated rings. The van der Waals surface area contributed by atoms with E-state index >= 15 is 0 Å². The van der Waals surface area contributed by atoms with E-state index < -0.39 is 30.0 Å². The van der Waals surface area contributed by atoms with Crippen molar-refractivity contribution in [2.75, 3.05) is 31.1 Å². The first-order valence-electron chi connectivity index (χ1n) is 12.1. The predicted octanol–water partition coefficient (Wildman–Crippen LogP) is 1.39. The Balaban J connectivity index is 0.00000507. The van der Waals surface area contributed by atoms with E-state index in [9.17, 15) is 25.9 Å². The summed E-state index contributed by atoms with van der Waals surface area (Å²) in [4.78, 5) is 0.933. The summed E-state index contributed by atoms with van der Waals surface area (Å²) in [6.07, 6.45) is 7.61. The first-order valence-corrected chi connectivity index (χ1v) is 15.0. The quantitative estimate of drug-likeness (QED) is 0.255. The van der Waals surface area contributed by atoms with Gasteiger partial charge in [0.1, 0.15) is 18.0 Å². The Hall–Kier alpha value is -2.09. The van der Waals surface area contributed by atoms with E-state index in [1.165, 1.54) is 6.07 Å². The van der Waals surface area contributed by atoms with Gasteiger partial charge in [0, 0.05) is 36.5 Å². The number of hydrogen-bond donors (Lipinski definition) is 2. The van der Waals surface area contributed by atoms with Crippen LogP contribution >= 0.6 is 0 Å². The largest absolute Gasteiger partial charge is 1.00 e. The van der Waals surface area contributed by atoms with Gasteiger partial charge >= 0.3 is 29.6 Å². The van der Waals surface area contributed by atoms with Crippen LogP contribution in [0.2, 0.25) is 0 Å². The van der Waals surface area contributed by atoms with Crippen molar-refractivity contribution in [2.24, 2.45) is 0 Å². The standard InChI is InChI=1S/C27H32N2O6S2.Na.H2O.H/c1-5-28(6-2)22-13-9-20(10-14-22)27(21-11-15-23(16-12-21)29(7-3)8-4)25-18-17-24(36(30,31)32)19-26(25)37(33,34)35;;;/h9-19H,5-8H2,1-4H3,(H-,30,31,32,33,34,35);;1H2;/q;+1;;-1. The van der Waals surface area contributed by atoms with Gasteiger partial charge in [-0.15, -0.1) is 0 Å². The van der Waals surface area contributed by atoms with Crippen molar-refractivity contribution in [3.8, 4) is 0 Å². The van der Waals surface area contributed by atoms with E-state index in [0.717, 1.165) is 49.7 Å². The monoisotopic (exact) mass is 586 g/mol. The molecule has 0 saturated carbocycles. The molecule has 39 heavy (non-hydrogen) atoms. The fourth-order valence-corrected chi connectivity index (χ4v) is 5.72. The molecule has 0 bridgehead atoms. The van der Waals surface area contributed by atoms with Crippen LogP contribution in [0.4, 0.5) is 5.69 Å². The van der Waals surface area contributed by atoms with Gasteiger partial charge in [0.15, 0.2) is 5.71 Å². The molecule has 0 saturated heterocycles. The van der Waals surface area contributed by atoms with E-state index in [0.29, 0.717) is 16.7 Å². The van der Waals surface area contributed by atoms with Crippen molar-refractivity contribution in [3.05, 3.63) is 83.5 Å². The normalized spacial score (nSPS) is 13.0. The van der Waals surface area contributed by atoms with Crippen molar-refractivity contribution in [2.45, 2.75) is 37.5 Å². The van der Waals surface area contributed by atoms with Crippen molar-refractivity contribution < 1.29 is 67.0 Å². The molecule has 0 atom stereocenters. The molecular formula is C27H35N2NaO7S2. The van der Waals surface area contributed by atoms with Gasteiger partial charge in [0.25, 0.3) is 20.2 Å². The zero-order valence-corrected chi connectivity index (χ0v) is 26.5. The fraction of sp³-hybridized carbons (Fsp3) is 0.296. The molecule has 208 valence electrons. The van der Waals surface area contributed by atoms with Crippen LogP contribution in [0.1, 0.15) is 40.2 Å². The summed E-state index contributed by atoms with van der Waals surface area (Å²) >= 11 is 0. The van der Waals surface area contributed by atoms with Crippen LogP contribution in [0.15, 0.2) is 82.1 Å². The number of anilines is 1. The summed E-state index contributed by atoms with van der Waals surface area (Å²) in [6.45, 7) is 11.5. The zero-order valence-electron chi connectivity index (χ0n) is 23.9. The van der Waals surface area contributed by atoms with Crippen LogP contribution in [-0.4, -0.2) is 67.9 Å². The van der Waals surface area contributed by atoms with Crippen molar-refractivity contribution >= 4 is 37.2 Å². The smallest absolute Gasteiger partial charge is 1.00 e. The third-order valence-electron chi connectivity index (χ3n) is 6.37. The summed E-state index contributed by atoms with van der Waals surface area (Å²) in [6, 6.07) is 10.8. The maximum atomic E-state index is 12.4. The Morgan fingerprint density at radius 3 is 1.79 bits per heavy atom. The summed E-state index contributed by atoms with van der Waals surface area (Å²) in [5.41, 5.74) is 3.96. The Morgan fingerprint density at radius 1 is 0.821 bits per heavy atom. The minimum absolute atomic E-state index is 0. The third-order valence-corrected chi connectivity index (χ3v) is 8.11. The van der Waals surface area contributed by atoms with Crippen LogP contribution in [-0.2, 0) is 20.2 Å². The fourth-order valence-electron chi connectivity index (χ4n) is 4.42. The summed E-state index contributed by atoms with van der Waals surface area (Å²) in [5.74, 6) is 0.